The van der Waals surface area contributed by atoms with Gasteiger partial charge in [-0.1, -0.05) is 20.3 Å². The van der Waals surface area contributed by atoms with Crippen LogP contribution in [0.15, 0.2) is 0 Å². The SMILES string of the molecule is CCCCOC(C)C(=O)N1CCC(C)CC1C(=O)O. The van der Waals surface area contributed by atoms with Crippen molar-refractivity contribution in [1.82, 2.24) is 4.90 Å². The number of piperidine rings is 1. The van der Waals surface area contributed by atoms with Gasteiger partial charge in [-0.15, -0.1) is 0 Å². The van der Waals surface area contributed by atoms with E-state index in [0.29, 0.717) is 25.5 Å². The van der Waals surface area contributed by atoms with Crippen molar-refractivity contribution in [3.63, 3.8) is 0 Å². The number of ether oxygens (including phenoxy) is 1. The largest absolute Gasteiger partial charge is 0.480 e. The minimum atomic E-state index is -0.916. The molecule has 1 saturated heterocycles. The van der Waals surface area contributed by atoms with Crippen LogP contribution < -0.4 is 0 Å². The normalized spacial score (nSPS) is 25.1. The van der Waals surface area contributed by atoms with Gasteiger partial charge in [-0.3, -0.25) is 4.79 Å². The summed E-state index contributed by atoms with van der Waals surface area (Å²) >= 11 is 0. The third kappa shape index (κ3) is 4.49. The van der Waals surface area contributed by atoms with Crippen LogP contribution in [0.3, 0.4) is 0 Å². The maximum atomic E-state index is 12.3. The highest BCUT2D eigenvalue weighted by Gasteiger charge is 2.36. The zero-order valence-electron chi connectivity index (χ0n) is 12.1. The van der Waals surface area contributed by atoms with Gasteiger partial charge in [0.2, 0.25) is 0 Å². The Morgan fingerprint density at radius 3 is 2.74 bits per heavy atom. The number of likely N-dealkylation sites (tertiary alicyclic amines) is 1. The number of aliphatic carboxylic acids is 1. The second-order valence-corrected chi connectivity index (χ2v) is 5.38. The number of hydrogen-bond donors (Lipinski definition) is 1. The molecule has 1 aliphatic heterocycles. The van der Waals surface area contributed by atoms with Crippen LogP contribution in [-0.4, -0.2) is 47.2 Å². The highest BCUT2D eigenvalue weighted by atomic mass is 16.5. The van der Waals surface area contributed by atoms with Crippen LogP contribution in [0.5, 0.6) is 0 Å². The van der Waals surface area contributed by atoms with Crippen LogP contribution in [0.1, 0.15) is 46.5 Å². The smallest absolute Gasteiger partial charge is 0.326 e. The molecule has 0 bridgehead atoms. The van der Waals surface area contributed by atoms with Crippen molar-refractivity contribution < 1.29 is 19.4 Å². The van der Waals surface area contributed by atoms with E-state index in [1.807, 2.05) is 6.92 Å². The Morgan fingerprint density at radius 1 is 1.47 bits per heavy atom. The predicted molar refractivity (Wildman–Crippen MR) is 71.9 cm³/mol. The first-order chi connectivity index (χ1) is 8.97. The Bertz CT molecular complexity index is 319. The molecule has 0 aliphatic carbocycles. The number of nitrogens with zero attached hydrogens (tertiary/aromatic N) is 1. The lowest BCUT2D eigenvalue weighted by Gasteiger charge is -2.37. The van der Waals surface area contributed by atoms with Gasteiger partial charge < -0.3 is 14.7 Å². The van der Waals surface area contributed by atoms with Crippen molar-refractivity contribution in [3.8, 4) is 0 Å². The van der Waals surface area contributed by atoms with Crippen LogP contribution in [0.25, 0.3) is 0 Å². The minimum Gasteiger partial charge on any atom is -0.480 e. The second kappa shape index (κ2) is 7.48. The minimum absolute atomic E-state index is 0.199. The molecule has 0 aromatic rings. The van der Waals surface area contributed by atoms with Crippen molar-refractivity contribution >= 4 is 11.9 Å². The van der Waals surface area contributed by atoms with Crippen molar-refractivity contribution in [2.45, 2.75) is 58.6 Å². The topological polar surface area (TPSA) is 66.8 Å². The van der Waals surface area contributed by atoms with Crippen molar-refractivity contribution in [2.24, 2.45) is 5.92 Å². The molecule has 0 spiro atoms. The van der Waals surface area contributed by atoms with E-state index in [2.05, 4.69) is 6.92 Å². The quantitative estimate of drug-likeness (QED) is 0.749. The first-order valence-electron chi connectivity index (χ1n) is 7.12. The van der Waals surface area contributed by atoms with Gasteiger partial charge in [0.05, 0.1) is 0 Å². The molecule has 3 atom stereocenters. The third-order valence-electron chi connectivity index (χ3n) is 3.65. The Kier molecular flexibility index (Phi) is 6.28. The third-order valence-corrected chi connectivity index (χ3v) is 3.65. The summed E-state index contributed by atoms with van der Waals surface area (Å²) in [7, 11) is 0. The van der Waals surface area contributed by atoms with Crippen molar-refractivity contribution in [3.05, 3.63) is 0 Å². The molecule has 0 saturated carbocycles. The molecular formula is C14H25NO4. The number of hydrogen-bond acceptors (Lipinski definition) is 3. The van der Waals surface area contributed by atoms with E-state index in [-0.39, 0.29) is 5.91 Å². The average Bonchev–Trinajstić information content (AvgIpc) is 2.38. The van der Waals surface area contributed by atoms with E-state index in [9.17, 15) is 14.7 Å². The summed E-state index contributed by atoms with van der Waals surface area (Å²) < 4.78 is 5.47. The molecule has 0 aromatic carbocycles. The van der Waals surface area contributed by atoms with Gasteiger partial charge >= 0.3 is 5.97 Å². The molecule has 5 nitrogen and oxygen atoms in total. The number of carboxylic acids is 1. The van der Waals surface area contributed by atoms with E-state index in [1.165, 1.54) is 4.90 Å². The molecule has 3 unspecified atom stereocenters. The van der Waals surface area contributed by atoms with Gasteiger partial charge in [0, 0.05) is 13.2 Å². The summed E-state index contributed by atoms with van der Waals surface area (Å²) in [6.45, 7) is 6.85. The fraction of sp³-hybridized carbons (Fsp3) is 0.857. The molecule has 1 heterocycles. The number of unbranched alkanes of at least 4 members (excludes halogenated alkanes) is 1. The summed E-state index contributed by atoms with van der Waals surface area (Å²) in [5.41, 5.74) is 0. The average molecular weight is 271 g/mol. The summed E-state index contributed by atoms with van der Waals surface area (Å²) in [5, 5.41) is 9.24. The molecule has 1 rings (SSSR count). The molecule has 1 amide bonds. The standard InChI is InChI=1S/C14H25NO4/c1-4-5-8-19-11(3)13(16)15-7-6-10(2)9-12(15)14(17)18/h10-12H,4-9H2,1-3H3,(H,17,18). The molecule has 19 heavy (non-hydrogen) atoms. The first-order valence-corrected chi connectivity index (χ1v) is 7.12. The lowest BCUT2D eigenvalue weighted by molar-refractivity contribution is -0.158. The maximum absolute atomic E-state index is 12.3. The van der Waals surface area contributed by atoms with E-state index in [1.54, 1.807) is 6.92 Å². The lowest BCUT2D eigenvalue weighted by atomic mass is 9.92. The van der Waals surface area contributed by atoms with Gasteiger partial charge in [0.1, 0.15) is 12.1 Å². The van der Waals surface area contributed by atoms with E-state index < -0.39 is 18.1 Å². The zero-order chi connectivity index (χ0) is 14.4. The molecule has 1 N–H and O–H groups in total. The van der Waals surface area contributed by atoms with Gasteiger partial charge in [0.25, 0.3) is 5.91 Å². The summed E-state index contributed by atoms with van der Waals surface area (Å²) in [6, 6.07) is -0.700. The van der Waals surface area contributed by atoms with Crippen LogP contribution in [0, 0.1) is 5.92 Å². The Labute approximate surface area is 114 Å². The van der Waals surface area contributed by atoms with Gasteiger partial charge in [-0.25, -0.2) is 4.79 Å². The molecule has 0 aromatic heterocycles. The number of rotatable bonds is 6. The van der Waals surface area contributed by atoms with E-state index >= 15 is 0 Å². The van der Waals surface area contributed by atoms with Crippen molar-refractivity contribution in [1.29, 1.82) is 0 Å². The van der Waals surface area contributed by atoms with Crippen LogP contribution >= 0.6 is 0 Å². The van der Waals surface area contributed by atoms with Crippen LogP contribution in [0.2, 0.25) is 0 Å². The van der Waals surface area contributed by atoms with Gasteiger partial charge in [-0.2, -0.15) is 0 Å². The molecule has 1 aliphatic rings. The van der Waals surface area contributed by atoms with Gasteiger partial charge in [-0.05, 0) is 32.1 Å². The number of carboxylic acid groups (broad SMARTS) is 1. The summed E-state index contributed by atoms with van der Waals surface area (Å²) in [6.07, 6.45) is 2.76. The number of carbonyl (C=O) groups is 2. The van der Waals surface area contributed by atoms with E-state index in [0.717, 1.165) is 19.3 Å². The molecule has 0 radical (unpaired) electrons. The lowest BCUT2D eigenvalue weighted by Crippen LogP contribution is -2.52. The van der Waals surface area contributed by atoms with Crippen LogP contribution in [-0.2, 0) is 14.3 Å². The number of amides is 1. The molecular weight excluding hydrogens is 246 g/mol. The molecule has 110 valence electrons. The van der Waals surface area contributed by atoms with E-state index in [4.69, 9.17) is 4.74 Å². The first kappa shape index (κ1) is 16.0. The monoisotopic (exact) mass is 271 g/mol. The van der Waals surface area contributed by atoms with Gasteiger partial charge in [0.15, 0.2) is 0 Å². The molecule has 5 heteroatoms. The predicted octanol–water partition coefficient (Wildman–Crippen LogP) is 1.90. The Balaban J connectivity index is 2.60. The summed E-state index contributed by atoms with van der Waals surface area (Å²) in [5.74, 6) is -0.766. The van der Waals surface area contributed by atoms with Crippen LogP contribution in [0.4, 0.5) is 0 Å². The Morgan fingerprint density at radius 2 is 2.16 bits per heavy atom. The summed E-state index contributed by atoms with van der Waals surface area (Å²) in [4.78, 5) is 25.0. The van der Waals surface area contributed by atoms with Crippen molar-refractivity contribution in [2.75, 3.05) is 13.2 Å². The molecule has 1 fully saturated rings. The highest BCUT2D eigenvalue weighted by molar-refractivity contribution is 5.86. The fourth-order valence-corrected chi connectivity index (χ4v) is 2.35. The fourth-order valence-electron chi connectivity index (χ4n) is 2.35. The maximum Gasteiger partial charge on any atom is 0.326 e. The Hall–Kier alpha value is -1.10. The number of carbonyl (C=O) groups excluding carboxylic acids is 1. The highest BCUT2D eigenvalue weighted by Crippen LogP contribution is 2.23. The zero-order valence-corrected chi connectivity index (χ0v) is 12.1. The second-order valence-electron chi connectivity index (χ2n) is 5.38.